The molecule has 5 heteroatoms. The number of rotatable bonds is 2. The fraction of sp³-hybridized carbons (Fsp3) is 0.800. The lowest BCUT2D eigenvalue weighted by Gasteiger charge is -2.38. The quantitative estimate of drug-likeness (QED) is 0.651. The third kappa shape index (κ3) is 2.62. The Labute approximate surface area is 96.0 Å². The number of piperazine rings is 1. The zero-order valence-electron chi connectivity index (χ0n) is 8.89. The van der Waals surface area contributed by atoms with Crippen LogP contribution in [0.2, 0.25) is 0 Å². The zero-order valence-corrected chi connectivity index (χ0v) is 9.70. The van der Waals surface area contributed by atoms with Crippen LogP contribution in [0.25, 0.3) is 0 Å². The summed E-state index contributed by atoms with van der Waals surface area (Å²) in [6, 6.07) is 0.182. The van der Waals surface area contributed by atoms with Gasteiger partial charge in [-0.1, -0.05) is 0 Å². The lowest BCUT2D eigenvalue weighted by molar-refractivity contribution is -0.139. The predicted molar refractivity (Wildman–Crippen MR) is 58.8 cm³/mol. The van der Waals surface area contributed by atoms with E-state index in [4.69, 9.17) is 0 Å². The summed E-state index contributed by atoms with van der Waals surface area (Å²) in [6.45, 7) is 4.08. The Bertz CT molecular complexity index is 256. The minimum Gasteiger partial charge on any atom is -0.341 e. The van der Waals surface area contributed by atoms with E-state index in [0.717, 1.165) is 19.3 Å². The molecule has 0 bridgehead atoms. The lowest BCUT2D eigenvalue weighted by Crippen LogP contribution is -2.53. The number of carbonyl (C=O) groups excluding carboxylic acids is 2. The predicted octanol–water partition coefficient (Wildman–Crippen LogP) is 0.507. The minimum atomic E-state index is 0. The van der Waals surface area contributed by atoms with Crippen LogP contribution in [0.3, 0.4) is 0 Å². The van der Waals surface area contributed by atoms with Gasteiger partial charge >= 0.3 is 0 Å². The number of carbonyl (C=O) groups is 2. The molecule has 2 fully saturated rings. The Balaban J connectivity index is 0.00000112. The molecule has 86 valence electrons. The maximum Gasteiger partial charge on any atom is 0.226 e. The highest BCUT2D eigenvalue weighted by Crippen LogP contribution is 2.32. The molecule has 1 aliphatic carbocycles. The Morgan fingerprint density at radius 3 is 2.47 bits per heavy atom. The second kappa shape index (κ2) is 4.84. The third-order valence-electron chi connectivity index (χ3n) is 3.02. The van der Waals surface area contributed by atoms with Gasteiger partial charge in [0.05, 0.1) is 0 Å². The van der Waals surface area contributed by atoms with Gasteiger partial charge in [-0.05, 0) is 19.8 Å². The molecule has 15 heavy (non-hydrogen) atoms. The number of amides is 2. The average molecular weight is 233 g/mol. The van der Waals surface area contributed by atoms with Gasteiger partial charge in [0.2, 0.25) is 12.3 Å². The highest BCUT2D eigenvalue weighted by molar-refractivity contribution is 5.85. The van der Waals surface area contributed by atoms with E-state index in [9.17, 15) is 9.59 Å². The van der Waals surface area contributed by atoms with Crippen molar-refractivity contribution in [2.45, 2.75) is 25.8 Å². The van der Waals surface area contributed by atoms with Crippen LogP contribution in [0, 0.1) is 5.92 Å². The molecular formula is C10H17ClN2O2. The molecule has 0 spiro atoms. The first-order chi connectivity index (χ1) is 6.72. The van der Waals surface area contributed by atoms with Gasteiger partial charge in [0.25, 0.3) is 0 Å². The number of hydrogen-bond donors (Lipinski definition) is 0. The molecule has 0 aromatic heterocycles. The summed E-state index contributed by atoms with van der Waals surface area (Å²) in [6.07, 6.45) is 2.98. The molecule has 2 amide bonds. The van der Waals surface area contributed by atoms with Crippen LogP contribution in [-0.4, -0.2) is 47.8 Å². The normalized spacial score (nSPS) is 25.8. The van der Waals surface area contributed by atoms with Crippen LogP contribution in [-0.2, 0) is 9.59 Å². The van der Waals surface area contributed by atoms with E-state index in [1.54, 1.807) is 4.90 Å². The van der Waals surface area contributed by atoms with E-state index >= 15 is 0 Å². The smallest absolute Gasteiger partial charge is 0.226 e. The van der Waals surface area contributed by atoms with Crippen molar-refractivity contribution < 1.29 is 9.59 Å². The zero-order chi connectivity index (χ0) is 10.1. The first kappa shape index (κ1) is 12.3. The highest BCUT2D eigenvalue weighted by atomic mass is 35.5. The van der Waals surface area contributed by atoms with Crippen LogP contribution in [0.4, 0.5) is 0 Å². The van der Waals surface area contributed by atoms with E-state index in [-0.39, 0.29) is 18.4 Å². The topological polar surface area (TPSA) is 40.6 Å². The first-order valence-corrected chi connectivity index (χ1v) is 5.22. The number of halogens is 1. The molecule has 1 aliphatic heterocycles. The third-order valence-corrected chi connectivity index (χ3v) is 3.02. The molecule has 1 saturated carbocycles. The Morgan fingerprint density at radius 2 is 2.00 bits per heavy atom. The van der Waals surface area contributed by atoms with E-state index < -0.39 is 0 Å². The fourth-order valence-corrected chi connectivity index (χ4v) is 1.97. The van der Waals surface area contributed by atoms with Crippen LogP contribution >= 0.6 is 12.4 Å². The molecule has 4 nitrogen and oxygen atoms in total. The molecule has 0 aromatic carbocycles. The van der Waals surface area contributed by atoms with Gasteiger partial charge in [0.15, 0.2) is 0 Å². The van der Waals surface area contributed by atoms with Gasteiger partial charge in [-0.3, -0.25) is 9.59 Å². The minimum absolute atomic E-state index is 0. The summed E-state index contributed by atoms with van der Waals surface area (Å²) >= 11 is 0. The largest absolute Gasteiger partial charge is 0.341 e. The van der Waals surface area contributed by atoms with Gasteiger partial charge < -0.3 is 9.80 Å². The standard InChI is InChI=1S/C10H16N2O2.ClH/c1-8-6-11(7-13)4-5-12(8)10(14)9-2-3-9;/h7-9H,2-6H2,1H3;1H/t8-;/m1./s1. The maximum absolute atomic E-state index is 11.8. The van der Waals surface area contributed by atoms with Gasteiger partial charge in [-0.2, -0.15) is 0 Å². The van der Waals surface area contributed by atoms with Crippen LogP contribution < -0.4 is 0 Å². The molecule has 1 saturated heterocycles. The van der Waals surface area contributed by atoms with Crippen molar-refractivity contribution in [1.29, 1.82) is 0 Å². The second-order valence-corrected chi connectivity index (χ2v) is 4.26. The molecule has 0 N–H and O–H groups in total. The van der Waals surface area contributed by atoms with E-state index in [2.05, 4.69) is 0 Å². The van der Waals surface area contributed by atoms with Crippen molar-refractivity contribution in [3.05, 3.63) is 0 Å². The van der Waals surface area contributed by atoms with E-state index in [1.807, 2.05) is 11.8 Å². The summed E-state index contributed by atoms with van der Waals surface area (Å²) in [7, 11) is 0. The average Bonchev–Trinajstić information content (AvgIpc) is 3.00. The first-order valence-electron chi connectivity index (χ1n) is 5.22. The summed E-state index contributed by atoms with van der Waals surface area (Å²) in [5.74, 6) is 0.586. The monoisotopic (exact) mass is 232 g/mol. The molecule has 2 rings (SSSR count). The van der Waals surface area contributed by atoms with Crippen LogP contribution in [0.5, 0.6) is 0 Å². The van der Waals surface area contributed by atoms with Gasteiger partial charge in [0, 0.05) is 31.6 Å². The summed E-state index contributed by atoms with van der Waals surface area (Å²) < 4.78 is 0. The van der Waals surface area contributed by atoms with Crippen molar-refractivity contribution in [3.8, 4) is 0 Å². The SMILES string of the molecule is C[C@@H]1CN(C=O)CCN1C(=O)C1CC1.Cl. The van der Waals surface area contributed by atoms with Crippen molar-refractivity contribution in [3.63, 3.8) is 0 Å². The fourth-order valence-electron chi connectivity index (χ4n) is 1.97. The van der Waals surface area contributed by atoms with Crippen molar-refractivity contribution in [1.82, 2.24) is 9.80 Å². The van der Waals surface area contributed by atoms with E-state index in [1.165, 1.54) is 0 Å². The number of nitrogens with zero attached hydrogens (tertiary/aromatic N) is 2. The van der Waals surface area contributed by atoms with Gasteiger partial charge in [-0.25, -0.2) is 0 Å². The molecule has 0 radical (unpaired) electrons. The van der Waals surface area contributed by atoms with Gasteiger partial charge in [-0.15, -0.1) is 12.4 Å². The second-order valence-electron chi connectivity index (χ2n) is 4.26. The summed E-state index contributed by atoms with van der Waals surface area (Å²) in [5, 5.41) is 0. The van der Waals surface area contributed by atoms with E-state index in [0.29, 0.717) is 31.5 Å². The summed E-state index contributed by atoms with van der Waals surface area (Å²) in [5.41, 5.74) is 0. The molecule has 1 atom stereocenters. The van der Waals surface area contributed by atoms with Gasteiger partial charge in [0.1, 0.15) is 0 Å². The molecule has 2 aliphatic rings. The van der Waals surface area contributed by atoms with Crippen LogP contribution in [0.1, 0.15) is 19.8 Å². The summed E-state index contributed by atoms with van der Waals surface area (Å²) in [4.78, 5) is 26.0. The van der Waals surface area contributed by atoms with Crippen molar-refractivity contribution in [2.75, 3.05) is 19.6 Å². The Hall–Kier alpha value is -0.770. The lowest BCUT2D eigenvalue weighted by atomic mass is 10.2. The maximum atomic E-state index is 11.8. The van der Waals surface area contributed by atoms with Crippen molar-refractivity contribution >= 4 is 24.7 Å². The molecule has 0 aromatic rings. The Morgan fingerprint density at radius 1 is 1.33 bits per heavy atom. The molecular weight excluding hydrogens is 216 g/mol. The number of hydrogen-bond acceptors (Lipinski definition) is 2. The highest BCUT2D eigenvalue weighted by Gasteiger charge is 2.36. The van der Waals surface area contributed by atoms with Crippen molar-refractivity contribution in [2.24, 2.45) is 5.92 Å². The van der Waals surface area contributed by atoms with Crippen LogP contribution in [0.15, 0.2) is 0 Å². The molecule has 1 heterocycles. The molecule has 0 unspecified atom stereocenters. The Kier molecular flexibility index (Phi) is 3.97.